The zero-order chi connectivity index (χ0) is 20.3. The molecule has 10 heteroatoms. The molecule has 6 nitrogen and oxygen atoms in total. The fourth-order valence-corrected chi connectivity index (χ4v) is 2.76. The first-order valence-electron chi connectivity index (χ1n) is 7.78. The molecule has 1 aromatic carbocycles. The van der Waals surface area contributed by atoms with Gasteiger partial charge in [-0.25, -0.2) is 0 Å². The topological polar surface area (TPSA) is 78.5 Å². The Kier molecular flexibility index (Phi) is 6.83. The lowest BCUT2D eigenvalue weighted by Crippen LogP contribution is -2.45. The Hall–Kier alpha value is -1.65. The van der Waals surface area contributed by atoms with Crippen LogP contribution in [0.2, 0.25) is 0 Å². The van der Waals surface area contributed by atoms with E-state index in [9.17, 15) is 26.4 Å². The molecule has 0 aliphatic heterocycles. The van der Waals surface area contributed by atoms with Crippen LogP contribution in [0.25, 0.3) is 0 Å². The van der Waals surface area contributed by atoms with E-state index in [1.807, 2.05) is 0 Å². The zero-order valence-electron chi connectivity index (χ0n) is 15.3. The van der Waals surface area contributed by atoms with E-state index >= 15 is 0 Å². The Morgan fingerprint density at radius 2 is 1.77 bits per heavy atom. The van der Waals surface area contributed by atoms with E-state index in [0.717, 1.165) is 16.4 Å². The quantitative estimate of drug-likeness (QED) is 0.776. The smallest absolute Gasteiger partial charge is 0.348 e. The number of carbonyl (C=O) groups excluding carboxylic acids is 1. The lowest BCUT2D eigenvalue weighted by molar-refractivity contribution is -0.137. The highest BCUT2D eigenvalue weighted by Gasteiger charge is 2.33. The highest BCUT2D eigenvalue weighted by atomic mass is 32.2. The molecule has 1 rings (SSSR count). The van der Waals surface area contributed by atoms with Gasteiger partial charge in [0, 0.05) is 14.1 Å². The molecular weight excluding hydrogens is 371 g/mol. The van der Waals surface area contributed by atoms with E-state index in [1.54, 1.807) is 20.8 Å². The van der Waals surface area contributed by atoms with E-state index in [-0.39, 0.29) is 5.56 Å². The van der Waals surface area contributed by atoms with Gasteiger partial charge in [0.05, 0.1) is 18.2 Å². The molecule has 0 aliphatic rings. The molecule has 2 N–H and O–H groups in total. The van der Waals surface area contributed by atoms with E-state index in [0.29, 0.717) is 0 Å². The molecule has 1 amide bonds. The summed E-state index contributed by atoms with van der Waals surface area (Å²) in [6, 6.07) is 3.98. The Balaban J connectivity index is 3.02. The maximum Gasteiger partial charge on any atom is 0.416 e. The Labute approximate surface area is 151 Å². The first kappa shape index (κ1) is 22.4. The van der Waals surface area contributed by atoms with Gasteiger partial charge in [-0.1, -0.05) is 32.9 Å². The summed E-state index contributed by atoms with van der Waals surface area (Å²) >= 11 is 0. The average molecular weight is 395 g/mol. The minimum atomic E-state index is -4.50. The van der Waals surface area contributed by atoms with Crippen LogP contribution >= 0.6 is 0 Å². The monoisotopic (exact) mass is 395 g/mol. The van der Waals surface area contributed by atoms with Crippen molar-refractivity contribution in [3.8, 4) is 0 Å². The van der Waals surface area contributed by atoms with Gasteiger partial charge in [-0.3, -0.25) is 4.79 Å². The molecule has 0 aromatic heterocycles. The molecule has 0 spiro atoms. The number of carbonyl (C=O) groups is 1. The van der Waals surface area contributed by atoms with Crippen LogP contribution in [0.1, 0.15) is 37.9 Å². The molecule has 1 atom stereocenters. The summed E-state index contributed by atoms with van der Waals surface area (Å²) in [7, 11) is -1.17. The Morgan fingerprint density at radius 1 is 1.19 bits per heavy atom. The summed E-state index contributed by atoms with van der Waals surface area (Å²) in [6.07, 6.45) is -4.50. The first-order chi connectivity index (χ1) is 11.6. The third-order valence-electron chi connectivity index (χ3n) is 3.61. The minimum Gasteiger partial charge on any atom is -0.348 e. The lowest BCUT2D eigenvalue weighted by Gasteiger charge is -2.32. The molecule has 148 valence electrons. The summed E-state index contributed by atoms with van der Waals surface area (Å²) in [5.41, 5.74) is -1.12. The van der Waals surface area contributed by atoms with Crippen molar-refractivity contribution in [3.05, 3.63) is 35.4 Å². The van der Waals surface area contributed by atoms with Crippen molar-refractivity contribution in [2.45, 2.75) is 33.0 Å². The number of benzene rings is 1. The van der Waals surface area contributed by atoms with Crippen LogP contribution in [0.3, 0.4) is 0 Å². The highest BCUT2D eigenvalue weighted by Crippen LogP contribution is 2.36. The van der Waals surface area contributed by atoms with Crippen LogP contribution in [0.15, 0.2) is 24.3 Å². The van der Waals surface area contributed by atoms with Crippen molar-refractivity contribution in [1.82, 2.24) is 14.3 Å². The molecule has 0 saturated heterocycles. The number of rotatable bonds is 6. The number of alkyl halides is 3. The number of nitrogens with one attached hydrogen (secondary N) is 2. The number of amides is 1. The summed E-state index contributed by atoms with van der Waals surface area (Å²) in [4.78, 5) is 12.1. The second-order valence-corrected chi connectivity index (χ2v) is 9.07. The molecule has 0 bridgehead atoms. The number of halogens is 3. The third-order valence-corrected chi connectivity index (χ3v) is 5.09. The van der Waals surface area contributed by atoms with Crippen molar-refractivity contribution in [2.24, 2.45) is 5.41 Å². The van der Waals surface area contributed by atoms with E-state index < -0.39 is 45.9 Å². The fraction of sp³-hybridized carbons (Fsp3) is 0.562. The van der Waals surface area contributed by atoms with Crippen LogP contribution in [-0.4, -0.2) is 39.3 Å². The zero-order valence-corrected chi connectivity index (χ0v) is 16.1. The minimum absolute atomic E-state index is 0.288. The maximum absolute atomic E-state index is 12.9. The number of hydrogen-bond donors (Lipinski definition) is 2. The van der Waals surface area contributed by atoms with Gasteiger partial charge in [0.2, 0.25) is 5.91 Å². The molecule has 1 aromatic rings. The average Bonchev–Trinajstić information content (AvgIpc) is 2.48. The van der Waals surface area contributed by atoms with E-state index in [2.05, 4.69) is 10.0 Å². The summed E-state index contributed by atoms with van der Waals surface area (Å²) in [5, 5.41) is 2.61. The highest BCUT2D eigenvalue weighted by molar-refractivity contribution is 7.87. The molecule has 0 radical (unpaired) electrons. The van der Waals surface area contributed by atoms with Gasteiger partial charge in [0.1, 0.15) is 0 Å². The second kappa shape index (κ2) is 7.93. The summed E-state index contributed by atoms with van der Waals surface area (Å²) in [6.45, 7) is 4.78. The standard InChI is InChI=1S/C16H24F3N3O3S/c1-15(2,3)14(11-7-6-8-12(9-11)16(17,18)19)21-13(23)10-20-26(24,25)22(4)5/h6-9,14,20H,10H2,1-5H3,(H,21,23). The van der Waals surface area contributed by atoms with Gasteiger partial charge < -0.3 is 5.32 Å². The molecule has 0 heterocycles. The Morgan fingerprint density at radius 3 is 2.23 bits per heavy atom. The second-order valence-electron chi connectivity index (χ2n) is 7.10. The largest absolute Gasteiger partial charge is 0.416 e. The maximum atomic E-state index is 12.9. The molecule has 0 aliphatic carbocycles. The molecule has 26 heavy (non-hydrogen) atoms. The van der Waals surface area contributed by atoms with Gasteiger partial charge in [-0.2, -0.15) is 30.6 Å². The first-order valence-corrected chi connectivity index (χ1v) is 9.22. The van der Waals surface area contributed by atoms with Crippen molar-refractivity contribution < 1.29 is 26.4 Å². The molecule has 0 fully saturated rings. The van der Waals surface area contributed by atoms with Gasteiger partial charge >= 0.3 is 6.18 Å². The summed E-state index contributed by atoms with van der Waals surface area (Å²) in [5.74, 6) is -0.646. The van der Waals surface area contributed by atoms with E-state index in [4.69, 9.17) is 0 Å². The predicted octanol–water partition coefficient (Wildman–Crippen LogP) is 2.30. The lowest BCUT2D eigenvalue weighted by atomic mass is 9.82. The molecule has 0 saturated carbocycles. The van der Waals surface area contributed by atoms with E-state index in [1.165, 1.54) is 26.2 Å². The van der Waals surface area contributed by atoms with Gasteiger partial charge in [0.15, 0.2) is 0 Å². The number of nitrogens with zero attached hydrogens (tertiary/aromatic N) is 1. The fourth-order valence-electron chi connectivity index (χ4n) is 2.19. The van der Waals surface area contributed by atoms with Crippen molar-refractivity contribution in [2.75, 3.05) is 20.6 Å². The van der Waals surface area contributed by atoms with Crippen LogP contribution in [0.4, 0.5) is 13.2 Å². The van der Waals surface area contributed by atoms with Gasteiger partial charge in [0.25, 0.3) is 10.2 Å². The van der Waals surface area contributed by atoms with Crippen molar-refractivity contribution in [1.29, 1.82) is 0 Å². The summed E-state index contributed by atoms with van der Waals surface area (Å²) < 4.78 is 65.2. The van der Waals surface area contributed by atoms with Crippen molar-refractivity contribution >= 4 is 16.1 Å². The van der Waals surface area contributed by atoms with Crippen LogP contribution in [-0.2, 0) is 21.2 Å². The Bertz CT molecular complexity index is 741. The van der Waals surface area contributed by atoms with Gasteiger partial charge in [-0.15, -0.1) is 0 Å². The van der Waals surface area contributed by atoms with Gasteiger partial charge in [-0.05, 0) is 23.1 Å². The van der Waals surface area contributed by atoms with Crippen LogP contribution in [0, 0.1) is 5.41 Å². The normalized spacial score (nSPS) is 14.3. The van der Waals surface area contributed by atoms with Crippen LogP contribution < -0.4 is 10.0 Å². The van der Waals surface area contributed by atoms with Crippen LogP contribution in [0.5, 0.6) is 0 Å². The number of hydrogen-bond acceptors (Lipinski definition) is 3. The predicted molar refractivity (Wildman–Crippen MR) is 92.4 cm³/mol. The SMILES string of the molecule is CN(C)S(=O)(=O)NCC(=O)NC(c1cccc(C(F)(F)F)c1)C(C)(C)C. The third kappa shape index (κ3) is 6.26. The molecular formula is C16H24F3N3O3S. The van der Waals surface area contributed by atoms with Crippen molar-refractivity contribution in [3.63, 3.8) is 0 Å². The molecule has 1 unspecified atom stereocenters.